The van der Waals surface area contributed by atoms with Crippen LogP contribution < -0.4 is 5.73 Å². The van der Waals surface area contributed by atoms with Crippen LogP contribution in [0.2, 0.25) is 0 Å². The van der Waals surface area contributed by atoms with Gasteiger partial charge >= 0.3 is 0 Å². The highest BCUT2D eigenvalue weighted by Gasteiger charge is 2.55. The van der Waals surface area contributed by atoms with E-state index in [2.05, 4.69) is 15.3 Å². The minimum atomic E-state index is -5.41. The van der Waals surface area contributed by atoms with Crippen molar-refractivity contribution >= 4 is 53.5 Å². The fraction of sp³-hybridized carbons (Fsp3) is 0.158. The second-order valence-electron chi connectivity index (χ2n) is 7.04. The Hall–Kier alpha value is -3.50. The van der Waals surface area contributed by atoms with Crippen LogP contribution in [0.15, 0.2) is 68.8 Å². The van der Waals surface area contributed by atoms with Gasteiger partial charge in [0.25, 0.3) is 10.1 Å². The first-order valence-electron chi connectivity index (χ1n) is 9.30. The van der Waals surface area contributed by atoms with E-state index in [-0.39, 0.29) is 33.9 Å². The molecule has 0 bridgehead atoms. The quantitative estimate of drug-likeness (QED) is 0.148. The molecular weight excluding hydrogens is 490 g/mol. The Morgan fingerprint density at radius 1 is 0.882 bits per heavy atom. The van der Waals surface area contributed by atoms with Crippen molar-refractivity contribution in [2.24, 2.45) is 15.3 Å². The maximum absolute atomic E-state index is 12.7. The van der Waals surface area contributed by atoms with Gasteiger partial charge in [0.1, 0.15) is 11.4 Å². The second kappa shape index (κ2) is 9.03. The molecule has 34 heavy (non-hydrogen) atoms. The van der Waals surface area contributed by atoms with Crippen LogP contribution in [0.5, 0.6) is 5.75 Å². The van der Waals surface area contributed by atoms with E-state index >= 15 is 0 Å². The number of azo groups is 1. The number of sulfone groups is 1. The van der Waals surface area contributed by atoms with Gasteiger partial charge in [-0.3, -0.25) is 4.55 Å². The van der Waals surface area contributed by atoms with Gasteiger partial charge in [-0.15, -0.1) is 5.11 Å². The van der Waals surface area contributed by atoms with Gasteiger partial charge < -0.3 is 21.1 Å². The Labute approximate surface area is 193 Å². The van der Waals surface area contributed by atoms with E-state index < -0.39 is 42.1 Å². The predicted molar refractivity (Wildman–Crippen MR) is 121 cm³/mol. The third kappa shape index (κ3) is 3.99. The summed E-state index contributed by atoms with van der Waals surface area (Å²) in [5.74, 6) is -0.313. The fourth-order valence-electron chi connectivity index (χ4n) is 3.12. The molecule has 0 heterocycles. The molecule has 13 nitrogen and oxygen atoms in total. The molecule has 15 heteroatoms. The van der Waals surface area contributed by atoms with Crippen LogP contribution in [-0.4, -0.2) is 54.0 Å². The molecule has 0 spiro atoms. The van der Waals surface area contributed by atoms with Crippen LogP contribution in [-0.2, 0) is 20.0 Å². The maximum Gasteiger partial charge on any atom is 0.290 e. The van der Waals surface area contributed by atoms with E-state index in [0.717, 1.165) is 24.3 Å². The van der Waals surface area contributed by atoms with Crippen LogP contribution in [0.25, 0.3) is 10.8 Å². The number of hydrogen-bond donors (Lipinski definition) is 6. The summed E-state index contributed by atoms with van der Waals surface area (Å²) in [4.78, 5) is -0.611. The van der Waals surface area contributed by atoms with Crippen molar-refractivity contribution in [2.45, 2.75) is 8.97 Å². The number of benzene rings is 3. The summed E-state index contributed by atoms with van der Waals surface area (Å²) in [5, 5.41) is 41.2. The van der Waals surface area contributed by atoms with Crippen molar-refractivity contribution in [2.75, 3.05) is 18.9 Å². The van der Waals surface area contributed by atoms with Gasteiger partial charge in [-0.2, -0.15) is 18.6 Å². The van der Waals surface area contributed by atoms with E-state index in [9.17, 15) is 36.7 Å². The minimum absolute atomic E-state index is 0.0176. The summed E-state index contributed by atoms with van der Waals surface area (Å²) < 4.78 is 54.8. The molecule has 7 N–H and O–H groups in total. The number of phenols is 1. The topological polar surface area (TPSA) is 236 Å². The van der Waals surface area contributed by atoms with E-state index in [1.165, 1.54) is 12.1 Å². The number of nitrogens with zero attached hydrogens (tertiary/aromatic N) is 3. The molecular formula is C19H19N5O8S2. The second-order valence-corrected chi connectivity index (χ2v) is 11.3. The molecule has 0 aliphatic heterocycles. The number of aliphatic hydroxyl groups excluding tert-OH is 2. The molecule has 180 valence electrons. The van der Waals surface area contributed by atoms with Crippen LogP contribution in [0.4, 0.5) is 22.7 Å². The Morgan fingerprint density at radius 2 is 1.44 bits per heavy atom. The Kier molecular flexibility index (Phi) is 6.68. The lowest BCUT2D eigenvalue weighted by atomic mass is 10.1. The van der Waals surface area contributed by atoms with Crippen molar-refractivity contribution in [3.63, 3.8) is 0 Å². The first-order valence-corrected chi connectivity index (χ1v) is 12.2. The van der Waals surface area contributed by atoms with Gasteiger partial charge in [-0.05, 0) is 41.8 Å². The average Bonchev–Trinajstić information content (AvgIpc) is 2.79. The highest BCUT2D eigenvalue weighted by molar-refractivity contribution is 8.08. The summed E-state index contributed by atoms with van der Waals surface area (Å²) >= 11 is 0. The Bertz CT molecular complexity index is 1500. The number of aromatic hydroxyl groups is 1. The molecule has 0 aliphatic carbocycles. The van der Waals surface area contributed by atoms with Crippen molar-refractivity contribution in [1.29, 1.82) is 5.53 Å². The molecule has 0 saturated carbocycles. The number of nitrogens with two attached hydrogens (primary N) is 1. The zero-order valence-corrected chi connectivity index (χ0v) is 18.8. The van der Waals surface area contributed by atoms with Gasteiger partial charge in [0.05, 0.1) is 34.9 Å². The summed E-state index contributed by atoms with van der Waals surface area (Å²) in [6.07, 6.45) is 0. The summed E-state index contributed by atoms with van der Waals surface area (Å²) in [7, 11) is -10.3. The number of anilines is 1. The molecule has 0 unspecified atom stereocenters. The lowest BCUT2D eigenvalue weighted by Crippen LogP contribution is -2.52. The first-order chi connectivity index (χ1) is 15.9. The van der Waals surface area contributed by atoms with Crippen LogP contribution in [0.3, 0.4) is 0 Å². The normalized spacial score (nSPS) is 12.9. The number of hydrogen-bond acceptors (Lipinski definition) is 12. The molecule has 0 aromatic heterocycles. The molecule has 0 aliphatic rings. The van der Waals surface area contributed by atoms with Crippen molar-refractivity contribution < 1.29 is 36.7 Å². The fourth-order valence-corrected chi connectivity index (χ4v) is 6.11. The van der Waals surface area contributed by atoms with Gasteiger partial charge in [-0.1, -0.05) is 12.1 Å². The molecule has 3 aromatic rings. The lowest BCUT2D eigenvalue weighted by Gasteiger charge is -2.25. The molecule has 0 fully saturated rings. The van der Waals surface area contributed by atoms with Crippen LogP contribution in [0.1, 0.15) is 0 Å². The summed E-state index contributed by atoms with van der Waals surface area (Å²) in [6, 6.07) is 10.4. The predicted octanol–water partition coefficient (Wildman–Crippen LogP) is 2.55. The van der Waals surface area contributed by atoms with E-state index in [1.54, 1.807) is 12.1 Å². The number of nitrogens with one attached hydrogen (secondary N) is 1. The van der Waals surface area contributed by atoms with Gasteiger partial charge in [0.2, 0.25) is 13.9 Å². The van der Waals surface area contributed by atoms with Crippen LogP contribution >= 0.6 is 0 Å². The first kappa shape index (κ1) is 25.1. The molecule has 0 amide bonds. The number of phenolic OH excluding ortho intramolecular Hbond substituents is 1. The van der Waals surface area contributed by atoms with Crippen molar-refractivity contribution in [3.05, 3.63) is 48.5 Å². The third-order valence-corrected chi connectivity index (χ3v) is 9.76. The maximum atomic E-state index is 12.7. The van der Waals surface area contributed by atoms with E-state index in [1.807, 2.05) is 0 Å². The van der Waals surface area contributed by atoms with Crippen LogP contribution in [0, 0.1) is 5.53 Å². The monoisotopic (exact) mass is 509 g/mol. The Morgan fingerprint density at radius 3 is 1.94 bits per heavy atom. The third-order valence-electron chi connectivity index (χ3n) is 5.14. The minimum Gasteiger partial charge on any atom is -0.505 e. The average molecular weight is 510 g/mol. The molecule has 0 atom stereocenters. The highest BCUT2D eigenvalue weighted by Crippen LogP contribution is 2.42. The number of fused-ring (bicyclic) bond motifs is 1. The van der Waals surface area contributed by atoms with Gasteiger partial charge in [0.15, 0.2) is 5.75 Å². The molecule has 0 radical (unpaired) electrons. The van der Waals surface area contributed by atoms with Gasteiger partial charge in [-0.25, -0.2) is 13.9 Å². The number of aliphatic hydroxyl groups is 2. The standard InChI is InChI=1S/C19H19N5O8S2/c20-17-14(22-21)7-1-11-2-8-15(18(27)16(11)17)24-23-12-3-5-13(6-4-12)33(28,29)19(9-25,10-26)34(30,31)32/h1-8,21,25-27H,9-10,20H2,(H,30,31,32). The summed E-state index contributed by atoms with van der Waals surface area (Å²) in [5.41, 5.74) is 13.4. The zero-order chi connectivity index (χ0) is 25.3. The Balaban J connectivity index is 1.99. The largest absolute Gasteiger partial charge is 0.505 e. The zero-order valence-electron chi connectivity index (χ0n) is 17.2. The smallest absolute Gasteiger partial charge is 0.290 e. The summed E-state index contributed by atoms with van der Waals surface area (Å²) in [6.45, 7) is -3.16. The highest BCUT2D eigenvalue weighted by atomic mass is 32.3. The van der Waals surface area contributed by atoms with E-state index in [0.29, 0.717) is 5.39 Å². The SMILES string of the molecule is N=Nc1ccc2ccc(N=Nc3ccc(S(=O)(=O)C(CO)(CO)S(=O)(=O)O)cc3)c(O)c2c1N. The molecule has 3 rings (SSSR count). The number of nitrogen functional groups attached to an aromatic ring is 1. The number of rotatable bonds is 8. The van der Waals surface area contributed by atoms with Crippen molar-refractivity contribution in [3.8, 4) is 5.75 Å². The van der Waals surface area contributed by atoms with Crippen molar-refractivity contribution in [1.82, 2.24) is 0 Å². The molecule has 0 saturated heterocycles. The van der Waals surface area contributed by atoms with Gasteiger partial charge in [0, 0.05) is 0 Å². The molecule has 3 aromatic carbocycles. The lowest BCUT2D eigenvalue weighted by molar-refractivity contribution is 0.198. The van der Waals surface area contributed by atoms with E-state index in [4.69, 9.17) is 11.3 Å².